The van der Waals surface area contributed by atoms with Crippen LogP contribution in [0.15, 0.2) is 53.9 Å². The van der Waals surface area contributed by atoms with Gasteiger partial charge in [-0.15, -0.1) is 11.3 Å². The molecule has 132 valence electrons. The third-order valence-electron chi connectivity index (χ3n) is 4.45. The van der Waals surface area contributed by atoms with Gasteiger partial charge in [0.05, 0.1) is 6.61 Å². The number of aromatic nitrogens is 1. The summed E-state index contributed by atoms with van der Waals surface area (Å²) in [5.41, 5.74) is 3.70. The Morgan fingerprint density at radius 2 is 2.00 bits per heavy atom. The molecule has 0 saturated carbocycles. The fourth-order valence-corrected chi connectivity index (χ4v) is 3.99. The van der Waals surface area contributed by atoms with Gasteiger partial charge in [0.15, 0.2) is 5.69 Å². The molecule has 5 heteroatoms. The van der Waals surface area contributed by atoms with Gasteiger partial charge in [0, 0.05) is 10.9 Å². The van der Waals surface area contributed by atoms with Crippen molar-refractivity contribution in [2.24, 2.45) is 0 Å². The fraction of sp³-hybridized carbons (Fsp3) is 0.238. The molecule has 26 heavy (non-hydrogen) atoms. The summed E-state index contributed by atoms with van der Waals surface area (Å²) in [6.07, 6.45) is 1.61. The van der Waals surface area contributed by atoms with Crippen molar-refractivity contribution in [3.05, 3.63) is 70.7 Å². The van der Waals surface area contributed by atoms with E-state index in [0.29, 0.717) is 12.3 Å². The van der Waals surface area contributed by atoms with Gasteiger partial charge in [-0.05, 0) is 55.2 Å². The molecular weight excluding hydrogens is 346 g/mol. The zero-order chi connectivity index (χ0) is 17.9. The maximum Gasteiger partial charge on any atom is 0.358 e. The largest absolute Gasteiger partial charge is 0.494 e. The van der Waals surface area contributed by atoms with Crippen LogP contribution in [-0.4, -0.2) is 17.6 Å². The number of hydrogen-bond donors (Lipinski definition) is 0. The Morgan fingerprint density at radius 1 is 1.19 bits per heavy atom. The van der Waals surface area contributed by atoms with E-state index in [2.05, 4.69) is 11.1 Å². The van der Waals surface area contributed by atoms with Gasteiger partial charge < -0.3 is 9.47 Å². The van der Waals surface area contributed by atoms with Gasteiger partial charge in [-0.3, -0.25) is 0 Å². The molecule has 0 bridgehead atoms. The number of rotatable bonds is 5. The molecule has 0 aliphatic heterocycles. The Kier molecular flexibility index (Phi) is 4.71. The van der Waals surface area contributed by atoms with Crippen molar-refractivity contribution in [2.75, 3.05) is 6.61 Å². The smallest absolute Gasteiger partial charge is 0.358 e. The zero-order valence-electron chi connectivity index (χ0n) is 14.5. The third kappa shape index (κ3) is 3.35. The minimum absolute atomic E-state index is 0.172. The number of fused-ring (bicyclic) bond motifs is 1. The summed E-state index contributed by atoms with van der Waals surface area (Å²) >= 11 is 1.44. The maximum absolute atomic E-state index is 12.5. The van der Waals surface area contributed by atoms with Crippen molar-refractivity contribution in [1.82, 2.24) is 4.98 Å². The first-order valence-electron chi connectivity index (χ1n) is 8.72. The lowest BCUT2D eigenvalue weighted by Gasteiger charge is -2.12. The number of thiazole rings is 1. The number of hydrogen-bond acceptors (Lipinski definition) is 5. The molecule has 3 aromatic rings. The molecule has 1 aromatic heterocycles. The lowest BCUT2D eigenvalue weighted by molar-refractivity contribution is 0.0295. The Hall–Kier alpha value is -2.66. The molecule has 1 aliphatic carbocycles. The number of esters is 1. The number of ether oxygens (including phenoxy) is 2. The Bertz CT molecular complexity index is 917. The number of carbonyl (C=O) groups is 1. The van der Waals surface area contributed by atoms with E-state index < -0.39 is 0 Å². The Labute approximate surface area is 156 Å². The van der Waals surface area contributed by atoms with E-state index in [1.165, 1.54) is 16.9 Å². The van der Waals surface area contributed by atoms with Crippen molar-refractivity contribution in [3.8, 4) is 16.3 Å². The second-order valence-corrected chi connectivity index (χ2v) is 6.98. The van der Waals surface area contributed by atoms with Gasteiger partial charge in [-0.25, -0.2) is 9.78 Å². The van der Waals surface area contributed by atoms with Crippen molar-refractivity contribution >= 4 is 17.3 Å². The van der Waals surface area contributed by atoms with E-state index in [4.69, 9.17) is 9.47 Å². The van der Waals surface area contributed by atoms with E-state index in [1.807, 2.05) is 49.4 Å². The maximum atomic E-state index is 12.5. The van der Waals surface area contributed by atoms with Gasteiger partial charge in [0.1, 0.15) is 16.9 Å². The molecule has 0 amide bonds. The van der Waals surface area contributed by atoms with Gasteiger partial charge in [-0.1, -0.05) is 24.3 Å². The molecule has 4 nitrogen and oxygen atoms in total. The first-order valence-corrected chi connectivity index (χ1v) is 9.60. The van der Waals surface area contributed by atoms with Crippen LogP contribution in [0.4, 0.5) is 0 Å². The molecule has 4 rings (SSSR count). The highest BCUT2D eigenvalue weighted by atomic mass is 32.1. The van der Waals surface area contributed by atoms with E-state index in [0.717, 1.165) is 34.7 Å². The standard InChI is InChI=1S/C21H19NO3S/c1-2-24-16-10-7-15(8-11-16)20-22-18(13-26-20)21(23)25-19-12-9-14-5-3-4-6-17(14)19/h3-8,10-11,13,19H,2,9,12H2,1H3. The molecule has 1 aliphatic rings. The van der Waals surface area contributed by atoms with Crippen LogP contribution < -0.4 is 4.74 Å². The average molecular weight is 365 g/mol. The quantitative estimate of drug-likeness (QED) is 0.594. The fourth-order valence-electron chi connectivity index (χ4n) is 3.19. The summed E-state index contributed by atoms with van der Waals surface area (Å²) in [5, 5.41) is 2.56. The van der Waals surface area contributed by atoms with Gasteiger partial charge in [0.25, 0.3) is 0 Å². The second-order valence-electron chi connectivity index (χ2n) is 6.13. The highest BCUT2D eigenvalue weighted by Crippen LogP contribution is 2.34. The first-order chi connectivity index (χ1) is 12.7. The SMILES string of the molecule is CCOc1ccc(-c2nc(C(=O)OC3CCc4ccccc43)cs2)cc1. The second kappa shape index (κ2) is 7.30. The molecule has 0 spiro atoms. The Balaban J connectivity index is 1.47. The summed E-state index contributed by atoms with van der Waals surface area (Å²) < 4.78 is 11.2. The normalized spacial score (nSPS) is 15.5. The van der Waals surface area contributed by atoms with E-state index in [1.54, 1.807) is 5.38 Å². The number of nitrogens with zero attached hydrogens (tertiary/aromatic N) is 1. The first kappa shape index (κ1) is 16.8. The lowest BCUT2D eigenvalue weighted by Crippen LogP contribution is -2.10. The summed E-state index contributed by atoms with van der Waals surface area (Å²) in [7, 11) is 0. The molecule has 0 fully saturated rings. The van der Waals surface area contributed by atoms with Crippen LogP contribution in [0, 0.1) is 0 Å². The van der Waals surface area contributed by atoms with E-state index in [9.17, 15) is 4.79 Å². The molecule has 1 atom stereocenters. The summed E-state index contributed by atoms with van der Waals surface area (Å²) in [4.78, 5) is 17.0. The van der Waals surface area contributed by atoms with Crippen LogP contribution in [0.2, 0.25) is 0 Å². The summed E-state index contributed by atoms with van der Waals surface area (Å²) in [6, 6.07) is 15.9. The van der Waals surface area contributed by atoms with Gasteiger partial charge in [-0.2, -0.15) is 0 Å². The summed E-state index contributed by atoms with van der Waals surface area (Å²) in [6.45, 7) is 2.59. The van der Waals surface area contributed by atoms with Crippen molar-refractivity contribution < 1.29 is 14.3 Å². The van der Waals surface area contributed by atoms with E-state index >= 15 is 0 Å². The van der Waals surface area contributed by atoms with Crippen molar-refractivity contribution in [3.63, 3.8) is 0 Å². The molecular formula is C21H19NO3S. The number of carbonyl (C=O) groups excluding carboxylic acids is 1. The highest BCUT2D eigenvalue weighted by molar-refractivity contribution is 7.13. The minimum atomic E-state index is -0.361. The van der Waals surface area contributed by atoms with Crippen LogP contribution in [0.25, 0.3) is 10.6 Å². The summed E-state index contributed by atoms with van der Waals surface area (Å²) in [5.74, 6) is 0.465. The van der Waals surface area contributed by atoms with Crippen LogP contribution in [0.5, 0.6) is 5.75 Å². The van der Waals surface area contributed by atoms with Crippen molar-refractivity contribution in [2.45, 2.75) is 25.9 Å². The highest BCUT2D eigenvalue weighted by Gasteiger charge is 2.26. The predicted octanol–water partition coefficient (Wildman–Crippen LogP) is 5.05. The van der Waals surface area contributed by atoms with Crippen LogP contribution in [0.1, 0.15) is 41.1 Å². The van der Waals surface area contributed by atoms with Crippen LogP contribution in [0.3, 0.4) is 0 Å². The molecule has 0 radical (unpaired) electrons. The number of benzene rings is 2. The van der Waals surface area contributed by atoms with Crippen LogP contribution in [-0.2, 0) is 11.2 Å². The monoisotopic (exact) mass is 365 g/mol. The predicted molar refractivity (Wildman–Crippen MR) is 102 cm³/mol. The topological polar surface area (TPSA) is 48.4 Å². The van der Waals surface area contributed by atoms with E-state index in [-0.39, 0.29) is 12.1 Å². The van der Waals surface area contributed by atoms with Crippen LogP contribution >= 0.6 is 11.3 Å². The Morgan fingerprint density at radius 3 is 2.81 bits per heavy atom. The molecule has 2 aromatic carbocycles. The van der Waals surface area contributed by atoms with Gasteiger partial charge >= 0.3 is 5.97 Å². The molecule has 1 unspecified atom stereocenters. The molecule has 1 heterocycles. The molecule has 0 saturated heterocycles. The average Bonchev–Trinajstić information content (AvgIpc) is 3.31. The molecule has 0 N–H and O–H groups in total. The number of aryl methyl sites for hydroxylation is 1. The lowest BCUT2D eigenvalue weighted by atomic mass is 10.1. The third-order valence-corrected chi connectivity index (χ3v) is 5.34. The minimum Gasteiger partial charge on any atom is -0.494 e. The van der Waals surface area contributed by atoms with Gasteiger partial charge in [0.2, 0.25) is 0 Å². The van der Waals surface area contributed by atoms with Crippen molar-refractivity contribution in [1.29, 1.82) is 0 Å². The zero-order valence-corrected chi connectivity index (χ0v) is 15.3.